The smallest absolute Gasteiger partial charge is 0.241 e. The van der Waals surface area contributed by atoms with Gasteiger partial charge in [-0.2, -0.15) is 0 Å². The fraction of sp³-hybridized carbons (Fsp3) is 0.526. The van der Waals surface area contributed by atoms with Gasteiger partial charge in [0.1, 0.15) is 11.9 Å². The van der Waals surface area contributed by atoms with Gasteiger partial charge in [-0.15, -0.1) is 0 Å². The number of amides is 1. The highest BCUT2D eigenvalue weighted by Gasteiger charge is 2.32. The molecule has 1 aromatic rings. The number of nitrogens with one attached hydrogen (secondary N) is 1. The maximum Gasteiger partial charge on any atom is 0.241 e. The Morgan fingerprint density at radius 1 is 1.28 bits per heavy atom. The highest BCUT2D eigenvalue weighted by molar-refractivity contribution is 7.89. The van der Waals surface area contributed by atoms with Crippen molar-refractivity contribution in [2.75, 3.05) is 39.8 Å². The molecule has 1 fully saturated rings. The van der Waals surface area contributed by atoms with Gasteiger partial charge in [0.2, 0.25) is 15.9 Å². The fourth-order valence-electron chi connectivity index (χ4n) is 3.35. The molecule has 0 radical (unpaired) electrons. The second-order valence-corrected chi connectivity index (χ2v) is 8.99. The van der Waals surface area contributed by atoms with Gasteiger partial charge in [-0.25, -0.2) is 17.5 Å². The number of likely N-dealkylation sites (N-methyl/N-ethyl adjacent to an activating group) is 1. The summed E-state index contributed by atoms with van der Waals surface area (Å²) in [5.41, 5.74) is 0. The molecule has 160 valence electrons. The number of hydrogen-bond acceptors (Lipinski definition) is 6. The second-order valence-electron chi connectivity index (χ2n) is 7.27. The minimum Gasteiger partial charge on any atom is -0.394 e. The number of aliphatic hydroxyl groups excluding tert-OH is 1. The number of piperazine rings is 1. The Balaban J connectivity index is 1.63. The van der Waals surface area contributed by atoms with Crippen molar-refractivity contribution in [1.82, 2.24) is 14.5 Å². The second kappa shape index (κ2) is 9.31. The van der Waals surface area contributed by atoms with Crippen LogP contribution < -0.4 is 4.72 Å². The zero-order valence-electron chi connectivity index (χ0n) is 16.2. The van der Waals surface area contributed by atoms with Crippen molar-refractivity contribution in [3.8, 4) is 0 Å². The predicted octanol–water partition coefficient (Wildman–Crippen LogP) is -0.0474. The van der Waals surface area contributed by atoms with Crippen LogP contribution in [0.25, 0.3) is 0 Å². The molecule has 1 saturated heterocycles. The van der Waals surface area contributed by atoms with Crippen molar-refractivity contribution >= 4 is 15.9 Å². The molecule has 0 bridgehead atoms. The highest BCUT2D eigenvalue weighted by Crippen LogP contribution is 2.19. The van der Waals surface area contributed by atoms with E-state index >= 15 is 0 Å². The Kier molecular flexibility index (Phi) is 7.01. The maximum absolute atomic E-state index is 13.4. The largest absolute Gasteiger partial charge is 0.394 e. The SMILES string of the molecule is CN1CCN(C(=O)C[C@@H]2C=C[C@@H](NS(=O)(=O)c3cccc(F)c3)[C@@H](CO)O2)CC1. The Hall–Kier alpha value is -1.85. The van der Waals surface area contributed by atoms with Crippen molar-refractivity contribution in [3.63, 3.8) is 0 Å². The van der Waals surface area contributed by atoms with E-state index in [0.29, 0.717) is 13.1 Å². The van der Waals surface area contributed by atoms with E-state index in [2.05, 4.69) is 9.62 Å². The van der Waals surface area contributed by atoms with Crippen LogP contribution in [0, 0.1) is 5.82 Å². The Morgan fingerprint density at radius 2 is 2.00 bits per heavy atom. The molecule has 1 aromatic carbocycles. The number of aliphatic hydroxyl groups is 1. The molecule has 2 aliphatic heterocycles. The van der Waals surface area contributed by atoms with Gasteiger partial charge < -0.3 is 19.6 Å². The molecule has 0 unspecified atom stereocenters. The van der Waals surface area contributed by atoms with Crippen LogP contribution >= 0.6 is 0 Å². The van der Waals surface area contributed by atoms with Gasteiger partial charge in [-0.05, 0) is 25.2 Å². The predicted molar refractivity (Wildman–Crippen MR) is 104 cm³/mol. The van der Waals surface area contributed by atoms with Gasteiger partial charge in [0.05, 0.1) is 30.1 Å². The fourth-order valence-corrected chi connectivity index (χ4v) is 4.60. The third-order valence-electron chi connectivity index (χ3n) is 5.09. The molecular weight excluding hydrogens is 401 g/mol. The van der Waals surface area contributed by atoms with Gasteiger partial charge in [0.25, 0.3) is 0 Å². The molecule has 2 aliphatic rings. The number of nitrogens with zero attached hydrogens (tertiary/aromatic N) is 2. The highest BCUT2D eigenvalue weighted by atomic mass is 32.2. The number of rotatable bonds is 6. The van der Waals surface area contributed by atoms with Gasteiger partial charge in [-0.1, -0.05) is 18.2 Å². The van der Waals surface area contributed by atoms with E-state index in [1.807, 2.05) is 7.05 Å². The van der Waals surface area contributed by atoms with Crippen molar-refractivity contribution in [2.24, 2.45) is 0 Å². The topological polar surface area (TPSA) is 99.2 Å². The molecule has 0 saturated carbocycles. The summed E-state index contributed by atoms with van der Waals surface area (Å²) >= 11 is 0. The minimum atomic E-state index is -4.00. The molecule has 0 aliphatic carbocycles. The summed E-state index contributed by atoms with van der Waals surface area (Å²) in [6.07, 6.45) is 1.92. The summed E-state index contributed by atoms with van der Waals surface area (Å²) in [5, 5.41) is 9.65. The lowest BCUT2D eigenvalue weighted by molar-refractivity contribution is -0.136. The molecule has 0 spiro atoms. The first kappa shape index (κ1) is 21.8. The van der Waals surface area contributed by atoms with Gasteiger partial charge in [0, 0.05) is 26.2 Å². The van der Waals surface area contributed by atoms with Crippen LogP contribution in [0.1, 0.15) is 6.42 Å². The van der Waals surface area contributed by atoms with Crippen LogP contribution in [0.4, 0.5) is 4.39 Å². The summed E-state index contributed by atoms with van der Waals surface area (Å²) in [6.45, 7) is 2.52. The molecule has 3 atom stereocenters. The average molecular weight is 427 g/mol. The maximum atomic E-state index is 13.4. The van der Waals surface area contributed by atoms with E-state index in [0.717, 1.165) is 25.2 Å². The van der Waals surface area contributed by atoms with E-state index in [1.54, 1.807) is 17.1 Å². The Labute approximate surface area is 170 Å². The summed E-state index contributed by atoms with van der Waals surface area (Å²) < 4.78 is 46.5. The average Bonchev–Trinajstić information content (AvgIpc) is 2.69. The zero-order chi connectivity index (χ0) is 21.0. The summed E-state index contributed by atoms with van der Waals surface area (Å²) in [4.78, 5) is 16.2. The first-order valence-electron chi connectivity index (χ1n) is 9.47. The molecule has 2 heterocycles. The van der Waals surface area contributed by atoms with E-state index in [-0.39, 0.29) is 17.2 Å². The third kappa shape index (κ3) is 5.61. The summed E-state index contributed by atoms with van der Waals surface area (Å²) in [5.74, 6) is -0.701. The van der Waals surface area contributed by atoms with Gasteiger partial charge >= 0.3 is 0 Å². The first-order chi connectivity index (χ1) is 13.8. The molecule has 8 nitrogen and oxygen atoms in total. The quantitative estimate of drug-likeness (QED) is 0.618. The molecule has 10 heteroatoms. The molecule has 2 N–H and O–H groups in total. The van der Waals surface area contributed by atoms with Crippen LogP contribution in [0.5, 0.6) is 0 Å². The van der Waals surface area contributed by atoms with E-state index in [4.69, 9.17) is 4.74 Å². The normalized spacial score (nSPS) is 25.9. The van der Waals surface area contributed by atoms with Crippen LogP contribution in [0.3, 0.4) is 0 Å². The number of carbonyl (C=O) groups is 1. The minimum absolute atomic E-state index is 0.0387. The number of halogens is 1. The van der Waals surface area contributed by atoms with Crippen molar-refractivity contribution in [3.05, 3.63) is 42.2 Å². The van der Waals surface area contributed by atoms with Crippen molar-refractivity contribution < 1.29 is 27.4 Å². The van der Waals surface area contributed by atoms with Gasteiger partial charge in [0.15, 0.2) is 0 Å². The van der Waals surface area contributed by atoms with Crippen LogP contribution in [0.15, 0.2) is 41.3 Å². The molecule has 1 amide bonds. The third-order valence-corrected chi connectivity index (χ3v) is 6.55. The monoisotopic (exact) mass is 427 g/mol. The Bertz CT molecular complexity index is 855. The standard InChI is InChI=1S/C19H26FN3O5S/c1-22-7-9-23(10-8-22)19(25)12-15-5-6-17(18(13-24)28-15)21-29(26,27)16-4-2-3-14(20)11-16/h2-6,11,15,17-18,21,24H,7-10,12-13H2,1H3/t15-,17+,18+/m0/s1. The number of hydrogen-bond donors (Lipinski definition) is 2. The molecule has 0 aromatic heterocycles. The number of ether oxygens (including phenoxy) is 1. The lowest BCUT2D eigenvalue weighted by atomic mass is 10.1. The number of sulfonamides is 1. The number of carbonyl (C=O) groups excluding carboxylic acids is 1. The van der Waals surface area contributed by atoms with Crippen molar-refractivity contribution in [2.45, 2.75) is 29.6 Å². The first-order valence-corrected chi connectivity index (χ1v) is 11.0. The van der Waals surface area contributed by atoms with Gasteiger partial charge in [-0.3, -0.25) is 4.79 Å². The van der Waals surface area contributed by atoms with Crippen LogP contribution in [-0.2, 0) is 19.6 Å². The zero-order valence-corrected chi connectivity index (χ0v) is 17.0. The molecule has 29 heavy (non-hydrogen) atoms. The van der Waals surface area contributed by atoms with Crippen molar-refractivity contribution in [1.29, 1.82) is 0 Å². The lowest BCUT2D eigenvalue weighted by Crippen LogP contribution is -2.50. The number of benzene rings is 1. The lowest BCUT2D eigenvalue weighted by Gasteiger charge is -2.35. The van der Waals surface area contributed by atoms with Crippen LogP contribution in [0.2, 0.25) is 0 Å². The Morgan fingerprint density at radius 3 is 2.66 bits per heavy atom. The van der Waals surface area contributed by atoms with E-state index in [9.17, 15) is 22.7 Å². The summed E-state index contributed by atoms with van der Waals surface area (Å²) in [7, 11) is -1.99. The molecule has 3 rings (SSSR count). The van der Waals surface area contributed by atoms with E-state index in [1.165, 1.54) is 12.1 Å². The summed E-state index contributed by atoms with van der Waals surface area (Å²) in [6, 6.07) is 3.83. The van der Waals surface area contributed by atoms with E-state index < -0.39 is 40.7 Å². The van der Waals surface area contributed by atoms with Crippen LogP contribution in [-0.4, -0.2) is 87.3 Å². The molecular formula is C19H26FN3O5S.